The maximum atomic E-state index is 13.9. The van der Waals surface area contributed by atoms with Crippen LogP contribution in [0.1, 0.15) is 44.1 Å². The second-order valence-corrected chi connectivity index (χ2v) is 8.55. The summed E-state index contributed by atoms with van der Waals surface area (Å²) in [5.74, 6) is 0.189. The molecule has 0 amide bonds. The van der Waals surface area contributed by atoms with Gasteiger partial charge < -0.3 is 9.53 Å². The number of ether oxygens (including phenoxy) is 1. The summed E-state index contributed by atoms with van der Waals surface area (Å²) in [6.07, 6.45) is 4.82. The number of carbonyl (C=O) groups excluding carboxylic acids is 1. The molecule has 0 unspecified atom stereocenters. The molecule has 0 aromatic heterocycles. The monoisotopic (exact) mass is 355 g/mol. The van der Waals surface area contributed by atoms with Gasteiger partial charge in [-0.3, -0.25) is 0 Å². The fraction of sp³-hybridized carbons (Fsp3) is 0.588. The van der Waals surface area contributed by atoms with Crippen LogP contribution in [0.5, 0.6) is 5.75 Å². The minimum atomic E-state index is -3.48. The molecule has 2 fully saturated rings. The van der Waals surface area contributed by atoms with E-state index in [1.54, 1.807) is 12.1 Å². The molecule has 1 aromatic rings. The van der Waals surface area contributed by atoms with Crippen molar-refractivity contribution in [3.63, 3.8) is 0 Å². The minimum Gasteiger partial charge on any atom is -0.490 e. The molecule has 2 aliphatic carbocycles. The number of nitrogens with one attached hydrogen (secondary N) is 1. The van der Waals surface area contributed by atoms with E-state index in [0.717, 1.165) is 18.4 Å². The SMILES string of the molecule is O=CCCCS(=O)(=O)NC1(c2ccc(F)c(OCC3CC3)c2)CC1. The van der Waals surface area contributed by atoms with Crippen LogP contribution in [0.4, 0.5) is 4.39 Å². The van der Waals surface area contributed by atoms with Crippen LogP contribution in [0.25, 0.3) is 0 Å². The normalized spacial score (nSPS) is 19.0. The van der Waals surface area contributed by atoms with E-state index in [2.05, 4.69) is 4.72 Å². The second kappa shape index (κ2) is 6.80. The van der Waals surface area contributed by atoms with E-state index in [9.17, 15) is 17.6 Å². The highest BCUT2D eigenvalue weighted by Crippen LogP contribution is 2.47. The van der Waals surface area contributed by atoms with Gasteiger partial charge in [0.05, 0.1) is 17.9 Å². The lowest BCUT2D eigenvalue weighted by atomic mass is 10.1. The molecular weight excluding hydrogens is 333 g/mol. The van der Waals surface area contributed by atoms with Crippen molar-refractivity contribution in [2.75, 3.05) is 12.4 Å². The first kappa shape index (κ1) is 17.4. The van der Waals surface area contributed by atoms with Crippen LogP contribution in [0.3, 0.4) is 0 Å². The van der Waals surface area contributed by atoms with Crippen molar-refractivity contribution in [2.45, 2.75) is 44.1 Å². The molecule has 0 radical (unpaired) electrons. The quantitative estimate of drug-likeness (QED) is 0.517. The molecule has 7 heteroatoms. The molecule has 2 saturated carbocycles. The molecule has 3 rings (SSSR count). The van der Waals surface area contributed by atoms with Crippen molar-refractivity contribution in [2.24, 2.45) is 5.92 Å². The number of hydrogen-bond donors (Lipinski definition) is 1. The Hall–Kier alpha value is -1.47. The fourth-order valence-corrected chi connectivity index (χ4v) is 4.25. The number of benzene rings is 1. The Kier molecular flexibility index (Phi) is 4.92. The highest BCUT2D eigenvalue weighted by molar-refractivity contribution is 7.89. The van der Waals surface area contributed by atoms with Gasteiger partial charge in [0.2, 0.25) is 10.0 Å². The van der Waals surface area contributed by atoms with Crippen LogP contribution in [0, 0.1) is 11.7 Å². The van der Waals surface area contributed by atoms with Gasteiger partial charge in [-0.1, -0.05) is 6.07 Å². The van der Waals surface area contributed by atoms with Crippen LogP contribution in [-0.4, -0.2) is 27.1 Å². The van der Waals surface area contributed by atoms with E-state index >= 15 is 0 Å². The van der Waals surface area contributed by atoms with Gasteiger partial charge >= 0.3 is 0 Å². The van der Waals surface area contributed by atoms with Gasteiger partial charge in [-0.25, -0.2) is 17.5 Å². The van der Waals surface area contributed by atoms with Gasteiger partial charge in [0.1, 0.15) is 6.29 Å². The number of hydrogen-bond acceptors (Lipinski definition) is 4. The first-order chi connectivity index (χ1) is 11.4. The smallest absolute Gasteiger partial charge is 0.212 e. The molecule has 132 valence electrons. The van der Waals surface area contributed by atoms with E-state index in [0.29, 0.717) is 38.1 Å². The zero-order chi connectivity index (χ0) is 17.2. The summed E-state index contributed by atoms with van der Waals surface area (Å²) in [6, 6.07) is 4.55. The van der Waals surface area contributed by atoms with Gasteiger partial charge in [0.15, 0.2) is 11.6 Å². The second-order valence-electron chi connectivity index (χ2n) is 6.71. The Bertz CT molecular complexity index is 711. The summed E-state index contributed by atoms with van der Waals surface area (Å²) in [4.78, 5) is 10.3. The van der Waals surface area contributed by atoms with Crippen LogP contribution in [0.2, 0.25) is 0 Å². The van der Waals surface area contributed by atoms with Crippen molar-refractivity contribution in [3.8, 4) is 5.75 Å². The molecule has 24 heavy (non-hydrogen) atoms. The Morgan fingerprint density at radius 2 is 2.08 bits per heavy atom. The summed E-state index contributed by atoms with van der Waals surface area (Å²) in [6.45, 7) is 0.505. The lowest BCUT2D eigenvalue weighted by Gasteiger charge is -2.19. The van der Waals surface area contributed by atoms with Gasteiger partial charge in [-0.15, -0.1) is 0 Å². The van der Waals surface area contributed by atoms with Crippen LogP contribution >= 0.6 is 0 Å². The summed E-state index contributed by atoms with van der Waals surface area (Å²) < 4.78 is 46.5. The molecule has 0 bridgehead atoms. The van der Waals surface area contributed by atoms with Crippen LogP contribution < -0.4 is 9.46 Å². The minimum absolute atomic E-state index is 0.0836. The predicted octanol–water partition coefficient (Wildman–Crippen LogP) is 2.50. The van der Waals surface area contributed by atoms with Gasteiger partial charge in [-0.05, 0) is 55.7 Å². The van der Waals surface area contributed by atoms with Gasteiger partial charge in [0.25, 0.3) is 0 Å². The first-order valence-electron chi connectivity index (χ1n) is 8.32. The average Bonchev–Trinajstić information content (AvgIpc) is 3.42. The highest BCUT2D eigenvalue weighted by atomic mass is 32.2. The van der Waals surface area contributed by atoms with Crippen LogP contribution in [0.15, 0.2) is 18.2 Å². The van der Waals surface area contributed by atoms with Crippen molar-refractivity contribution < 1.29 is 22.3 Å². The number of carbonyl (C=O) groups is 1. The van der Waals surface area contributed by atoms with Crippen molar-refractivity contribution in [1.29, 1.82) is 0 Å². The molecule has 5 nitrogen and oxygen atoms in total. The number of aldehydes is 1. The van der Waals surface area contributed by atoms with E-state index in [4.69, 9.17) is 4.74 Å². The van der Waals surface area contributed by atoms with E-state index in [1.807, 2.05) is 0 Å². The summed E-state index contributed by atoms with van der Waals surface area (Å²) in [7, 11) is -3.48. The Balaban J connectivity index is 1.70. The van der Waals surface area contributed by atoms with Crippen LogP contribution in [-0.2, 0) is 20.4 Å². The zero-order valence-corrected chi connectivity index (χ0v) is 14.3. The van der Waals surface area contributed by atoms with Crippen molar-refractivity contribution >= 4 is 16.3 Å². The number of unbranched alkanes of at least 4 members (excludes halogenated alkanes) is 1. The van der Waals surface area contributed by atoms with Crippen molar-refractivity contribution in [1.82, 2.24) is 4.72 Å². The average molecular weight is 355 g/mol. The first-order valence-corrected chi connectivity index (χ1v) is 9.97. The third kappa shape index (κ3) is 4.33. The number of rotatable bonds is 10. The summed E-state index contributed by atoms with van der Waals surface area (Å²) in [5.41, 5.74) is 0.0689. The lowest BCUT2D eigenvalue weighted by Crippen LogP contribution is -2.36. The third-order valence-corrected chi connectivity index (χ3v) is 6.02. The van der Waals surface area contributed by atoms with E-state index in [1.165, 1.54) is 6.07 Å². The number of halogens is 1. The molecule has 0 atom stereocenters. The van der Waals surface area contributed by atoms with Gasteiger partial charge in [-0.2, -0.15) is 0 Å². The Morgan fingerprint density at radius 3 is 2.71 bits per heavy atom. The third-order valence-electron chi connectivity index (χ3n) is 4.49. The molecule has 0 spiro atoms. The molecule has 0 heterocycles. The van der Waals surface area contributed by atoms with Gasteiger partial charge in [0, 0.05) is 6.42 Å². The highest BCUT2D eigenvalue weighted by Gasteiger charge is 2.47. The Morgan fingerprint density at radius 1 is 1.33 bits per heavy atom. The topological polar surface area (TPSA) is 72.5 Å². The molecule has 0 aliphatic heterocycles. The number of sulfonamides is 1. The Labute approximate surface area is 141 Å². The molecular formula is C17H22FNO4S. The summed E-state index contributed by atoms with van der Waals surface area (Å²) in [5, 5.41) is 0. The fourth-order valence-electron chi connectivity index (χ4n) is 2.68. The molecule has 0 saturated heterocycles. The largest absolute Gasteiger partial charge is 0.490 e. The molecule has 2 aliphatic rings. The molecule has 1 aromatic carbocycles. The maximum Gasteiger partial charge on any atom is 0.212 e. The van der Waals surface area contributed by atoms with Crippen molar-refractivity contribution in [3.05, 3.63) is 29.6 Å². The predicted molar refractivity (Wildman–Crippen MR) is 87.8 cm³/mol. The summed E-state index contributed by atoms with van der Waals surface area (Å²) >= 11 is 0. The zero-order valence-electron chi connectivity index (χ0n) is 13.5. The van der Waals surface area contributed by atoms with E-state index in [-0.39, 0.29) is 17.9 Å². The standard InChI is InChI=1S/C17H22FNO4S/c18-15-6-5-14(11-16(15)23-12-13-3-4-13)17(7-8-17)19-24(21,22)10-2-1-9-20/h5-6,9,11,13,19H,1-4,7-8,10,12H2. The lowest BCUT2D eigenvalue weighted by molar-refractivity contribution is -0.107. The maximum absolute atomic E-state index is 13.9. The van der Waals surface area contributed by atoms with E-state index < -0.39 is 21.4 Å². The molecule has 1 N–H and O–H groups in total.